The highest BCUT2D eigenvalue weighted by Gasteiger charge is 2.16. The lowest BCUT2D eigenvalue weighted by Crippen LogP contribution is -2.06. The van der Waals surface area contributed by atoms with Crippen LogP contribution in [0, 0.1) is 6.92 Å². The molecule has 0 aliphatic heterocycles. The molecular formula is C25H25N3O3S. The van der Waals surface area contributed by atoms with E-state index in [9.17, 15) is 0 Å². The quantitative estimate of drug-likeness (QED) is 0.317. The van der Waals surface area contributed by atoms with Crippen LogP contribution in [0.3, 0.4) is 0 Å². The van der Waals surface area contributed by atoms with E-state index in [1.807, 2.05) is 71.3 Å². The first-order valence-corrected chi connectivity index (χ1v) is 11.2. The van der Waals surface area contributed by atoms with Crippen LogP contribution in [0.1, 0.15) is 17.0 Å². The van der Waals surface area contributed by atoms with Crippen molar-refractivity contribution in [2.75, 3.05) is 14.2 Å². The van der Waals surface area contributed by atoms with Gasteiger partial charge in [-0.1, -0.05) is 41.6 Å². The van der Waals surface area contributed by atoms with E-state index in [4.69, 9.17) is 14.2 Å². The predicted molar refractivity (Wildman–Crippen MR) is 126 cm³/mol. The minimum absolute atomic E-state index is 0.307. The van der Waals surface area contributed by atoms with Gasteiger partial charge in [0.25, 0.3) is 0 Å². The van der Waals surface area contributed by atoms with Crippen molar-refractivity contribution in [1.82, 2.24) is 14.8 Å². The summed E-state index contributed by atoms with van der Waals surface area (Å²) in [4.78, 5) is 0. The smallest absolute Gasteiger partial charge is 0.196 e. The minimum Gasteiger partial charge on any atom is -0.497 e. The monoisotopic (exact) mass is 447 g/mol. The van der Waals surface area contributed by atoms with E-state index < -0.39 is 0 Å². The van der Waals surface area contributed by atoms with Crippen LogP contribution in [-0.4, -0.2) is 29.0 Å². The van der Waals surface area contributed by atoms with Gasteiger partial charge in [0.2, 0.25) is 0 Å². The molecule has 3 aromatic carbocycles. The standard InChI is InChI=1S/C25H25N3O3S/c1-18-7-11-22(12-8-18)31-16-24-26-27-25(28(24)20-9-13-21(29-2)14-10-20)32-17-19-5-4-6-23(15-19)30-3/h4-15H,16-17H2,1-3H3. The first-order valence-electron chi connectivity index (χ1n) is 10.2. The van der Waals surface area contributed by atoms with Gasteiger partial charge in [-0.3, -0.25) is 4.57 Å². The van der Waals surface area contributed by atoms with Gasteiger partial charge in [-0.15, -0.1) is 10.2 Å². The van der Waals surface area contributed by atoms with Crippen molar-refractivity contribution in [2.24, 2.45) is 0 Å². The summed E-state index contributed by atoms with van der Waals surface area (Å²) in [6.07, 6.45) is 0. The Morgan fingerprint density at radius 1 is 0.812 bits per heavy atom. The summed E-state index contributed by atoms with van der Waals surface area (Å²) in [7, 11) is 3.33. The SMILES string of the molecule is COc1ccc(-n2c(COc3ccc(C)cc3)nnc2SCc2cccc(OC)c2)cc1. The lowest BCUT2D eigenvalue weighted by Gasteiger charge is -2.12. The second kappa shape index (κ2) is 10.2. The number of aryl methyl sites for hydroxylation is 1. The molecule has 0 atom stereocenters. The van der Waals surface area contributed by atoms with Gasteiger partial charge < -0.3 is 14.2 Å². The molecule has 0 spiro atoms. The summed E-state index contributed by atoms with van der Waals surface area (Å²) >= 11 is 1.62. The van der Waals surface area contributed by atoms with Crippen LogP contribution >= 0.6 is 11.8 Å². The molecule has 0 fully saturated rings. The Kier molecular flexibility index (Phi) is 6.97. The zero-order chi connectivity index (χ0) is 22.3. The first-order chi connectivity index (χ1) is 15.7. The van der Waals surface area contributed by atoms with Gasteiger partial charge in [0.15, 0.2) is 11.0 Å². The van der Waals surface area contributed by atoms with Crippen molar-refractivity contribution < 1.29 is 14.2 Å². The van der Waals surface area contributed by atoms with Gasteiger partial charge in [0.05, 0.1) is 14.2 Å². The number of aromatic nitrogens is 3. The van der Waals surface area contributed by atoms with Crippen LogP contribution < -0.4 is 14.2 Å². The molecule has 164 valence electrons. The van der Waals surface area contributed by atoms with Gasteiger partial charge in [0.1, 0.15) is 23.9 Å². The molecule has 0 N–H and O–H groups in total. The van der Waals surface area contributed by atoms with Crippen molar-refractivity contribution in [3.8, 4) is 22.9 Å². The molecular weight excluding hydrogens is 422 g/mol. The van der Waals surface area contributed by atoms with Gasteiger partial charge in [-0.05, 0) is 61.0 Å². The molecule has 0 amide bonds. The van der Waals surface area contributed by atoms with E-state index in [0.717, 1.165) is 45.2 Å². The average Bonchev–Trinajstić information content (AvgIpc) is 3.25. The summed E-state index contributed by atoms with van der Waals surface area (Å²) < 4.78 is 18.7. The molecule has 0 unspecified atom stereocenters. The zero-order valence-electron chi connectivity index (χ0n) is 18.3. The molecule has 0 saturated carbocycles. The first kappa shape index (κ1) is 21.8. The maximum Gasteiger partial charge on any atom is 0.196 e. The maximum absolute atomic E-state index is 5.99. The summed E-state index contributed by atoms with van der Waals surface area (Å²) in [5.41, 5.74) is 3.29. The lowest BCUT2D eigenvalue weighted by molar-refractivity contribution is 0.292. The summed E-state index contributed by atoms with van der Waals surface area (Å²) in [5.74, 6) is 3.90. The lowest BCUT2D eigenvalue weighted by atomic mass is 10.2. The Morgan fingerprint density at radius 2 is 1.53 bits per heavy atom. The number of methoxy groups -OCH3 is 2. The van der Waals surface area contributed by atoms with E-state index in [1.165, 1.54) is 5.56 Å². The fourth-order valence-corrected chi connectivity index (χ4v) is 4.08. The second-order valence-corrected chi connectivity index (χ2v) is 8.12. The molecule has 1 aromatic heterocycles. The van der Waals surface area contributed by atoms with Crippen molar-refractivity contribution in [3.05, 3.63) is 89.7 Å². The van der Waals surface area contributed by atoms with E-state index in [2.05, 4.69) is 23.2 Å². The molecule has 6 nitrogen and oxygen atoms in total. The highest BCUT2D eigenvalue weighted by Crippen LogP contribution is 2.28. The van der Waals surface area contributed by atoms with Crippen LogP contribution in [0.2, 0.25) is 0 Å². The van der Waals surface area contributed by atoms with Crippen molar-refractivity contribution >= 4 is 11.8 Å². The van der Waals surface area contributed by atoms with Crippen LogP contribution in [0.25, 0.3) is 5.69 Å². The number of thioether (sulfide) groups is 1. The Hall–Kier alpha value is -3.45. The highest BCUT2D eigenvalue weighted by molar-refractivity contribution is 7.98. The Balaban J connectivity index is 1.59. The minimum atomic E-state index is 0.307. The molecule has 0 saturated heterocycles. The molecule has 0 radical (unpaired) electrons. The van der Waals surface area contributed by atoms with Crippen LogP contribution in [0.5, 0.6) is 17.2 Å². The molecule has 4 rings (SSSR count). The topological polar surface area (TPSA) is 58.4 Å². The third kappa shape index (κ3) is 5.23. The maximum atomic E-state index is 5.99. The molecule has 0 bridgehead atoms. The van der Waals surface area contributed by atoms with Crippen LogP contribution in [-0.2, 0) is 12.4 Å². The number of nitrogens with zero attached hydrogens (tertiary/aromatic N) is 3. The zero-order valence-corrected chi connectivity index (χ0v) is 19.1. The van der Waals surface area contributed by atoms with Gasteiger partial charge in [-0.25, -0.2) is 0 Å². The third-order valence-electron chi connectivity index (χ3n) is 4.92. The number of rotatable bonds is 9. The number of hydrogen-bond acceptors (Lipinski definition) is 6. The molecule has 0 aliphatic rings. The van der Waals surface area contributed by atoms with Crippen LogP contribution in [0.4, 0.5) is 0 Å². The Bertz CT molecular complexity index is 1160. The summed E-state index contributed by atoms with van der Waals surface area (Å²) in [6.45, 7) is 2.36. The number of hydrogen-bond donors (Lipinski definition) is 0. The summed E-state index contributed by atoms with van der Waals surface area (Å²) in [6, 6.07) is 23.8. The molecule has 7 heteroatoms. The van der Waals surface area contributed by atoms with Crippen molar-refractivity contribution in [2.45, 2.75) is 24.4 Å². The van der Waals surface area contributed by atoms with E-state index in [-0.39, 0.29) is 0 Å². The van der Waals surface area contributed by atoms with Gasteiger partial charge >= 0.3 is 0 Å². The third-order valence-corrected chi connectivity index (χ3v) is 5.92. The second-order valence-electron chi connectivity index (χ2n) is 7.17. The van der Waals surface area contributed by atoms with Crippen LogP contribution in [0.15, 0.2) is 78.0 Å². The number of benzene rings is 3. The van der Waals surface area contributed by atoms with Gasteiger partial charge in [0, 0.05) is 11.4 Å². The predicted octanol–water partition coefficient (Wildman–Crippen LogP) is 5.46. The molecule has 0 aliphatic carbocycles. The Morgan fingerprint density at radius 3 is 2.25 bits per heavy atom. The highest BCUT2D eigenvalue weighted by atomic mass is 32.2. The molecule has 4 aromatic rings. The number of ether oxygens (including phenoxy) is 3. The fraction of sp³-hybridized carbons (Fsp3) is 0.200. The van der Waals surface area contributed by atoms with Crippen molar-refractivity contribution in [3.63, 3.8) is 0 Å². The molecule has 32 heavy (non-hydrogen) atoms. The van der Waals surface area contributed by atoms with Crippen molar-refractivity contribution in [1.29, 1.82) is 0 Å². The normalized spacial score (nSPS) is 10.7. The van der Waals surface area contributed by atoms with Gasteiger partial charge in [-0.2, -0.15) is 0 Å². The average molecular weight is 448 g/mol. The van der Waals surface area contributed by atoms with E-state index >= 15 is 0 Å². The summed E-state index contributed by atoms with van der Waals surface area (Å²) in [5, 5.41) is 9.67. The van der Waals surface area contributed by atoms with E-state index in [0.29, 0.717) is 6.61 Å². The Labute approximate surface area is 192 Å². The van der Waals surface area contributed by atoms with E-state index in [1.54, 1.807) is 26.0 Å². The molecule has 1 heterocycles. The fourth-order valence-electron chi connectivity index (χ4n) is 3.17. The largest absolute Gasteiger partial charge is 0.497 e.